The van der Waals surface area contributed by atoms with Crippen LogP contribution in [0.1, 0.15) is 32.6 Å². The van der Waals surface area contributed by atoms with E-state index in [4.69, 9.17) is 0 Å². The molecule has 2 fully saturated rings. The molecular weight excluding hydrogens is 354 g/mol. The Morgan fingerprint density at radius 3 is 2.71 bits per heavy atom. The van der Waals surface area contributed by atoms with Crippen LogP contribution >= 0.6 is 0 Å². The van der Waals surface area contributed by atoms with Crippen molar-refractivity contribution < 1.29 is 9.90 Å². The Morgan fingerprint density at radius 1 is 1.25 bits per heavy atom. The number of hydrogen-bond donors (Lipinski definition) is 3. The predicted molar refractivity (Wildman–Crippen MR) is 113 cm³/mol. The van der Waals surface area contributed by atoms with Crippen LogP contribution in [0.15, 0.2) is 35.3 Å². The van der Waals surface area contributed by atoms with Crippen molar-refractivity contribution in [1.29, 1.82) is 0 Å². The number of aliphatic imine (C=N–C) groups is 1. The smallest absolute Gasteiger partial charge is 0.229 e. The molecule has 3 rings (SSSR count). The fraction of sp³-hybridized carbons (Fsp3) is 0.619. The number of hydrogen-bond acceptors (Lipinski definition) is 4. The predicted octanol–water partition coefficient (Wildman–Crippen LogP) is 1.19. The number of amides is 1. The molecule has 154 valence electrons. The van der Waals surface area contributed by atoms with Gasteiger partial charge >= 0.3 is 0 Å². The minimum absolute atomic E-state index is 0.0640. The number of likely N-dealkylation sites (tertiary alicyclic amines) is 1. The quantitative estimate of drug-likeness (QED) is 0.372. The van der Waals surface area contributed by atoms with Crippen molar-refractivity contribution in [2.75, 3.05) is 44.2 Å². The van der Waals surface area contributed by atoms with E-state index in [1.54, 1.807) is 0 Å². The maximum absolute atomic E-state index is 12.4. The van der Waals surface area contributed by atoms with E-state index in [0.29, 0.717) is 13.0 Å². The number of aliphatic hydroxyl groups excluding tert-OH is 1. The lowest BCUT2D eigenvalue weighted by molar-refractivity contribution is -0.117. The number of piperidine rings is 1. The van der Waals surface area contributed by atoms with Crippen LogP contribution in [0.25, 0.3) is 0 Å². The van der Waals surface area contributed by atoms with E-state index in [0.717, 1.165) is 63.6 Å². The number of carbonyl (C=O) groups excluding carboxylic acids is 1. The second-order valence-corrected chi connectivity index (χ2v) is 7.57. The normalized spacial score (nSPS) is 21.9. The van der Waals surface area contributed by atoms with Crippen molar-refractivity contribution in [3.8, 4) is 0 Å². The molecule has 0 saturated carbocycles. The SMILES string of the molecule is CCNC(=NCCCN1CCC(O)CC1)NC1CC(=O)N(c2ccccc2)C1. The standard InChI is InChI=1S/C21H33N5O2/c1-2-22-21(23-11-6-12-25-13-9-19(27)10-14-25)24-17-15-20(28)26(16-17)18-7-4-3-5-8-18/h3-5,7-8,17,19,27H,2,6,9-16H2,1H3,(H2,22,23,24). The molecule has 0 bridgehead atoms. The van der Waals surface area contributed by atoms with Gasteiger partial charge in [0.05, 0.1) is 12.1 Å². The maximum Gasteiger partial charge on any atom is 0.229 e. The number of benzene rings is 1. The number of nitrogens with zero attached hydrogens (tertiary/aromatic N) is 3. The molecular formula is C21H33N5O2. The van der Waals surface area contributed by atoms with Crippen LogP contribution in [-0.4, -0.2) is 73.3 Å². The lowest BCUT2D eigenvalue weighted by atomic mass is 10.1. The van der Waals surface area contributed by atoms with Crippen molar-refractivity contribution in [1.82, 2.24) is 15.5 Å². The molecule has 2 aliphatic rings. The molecule has 0 aromatic heterocycles. The average molecular weight is 388 g/mol. The van der Waals surface area contributed by atoms with Gasteiger partial charge in [0.1, 0.15) is 0 Å². The van der Waals surface area contributed by atoms with Crippen LogP contribution < -0.4 is 15.5 Å². The van der Waals surface area contributed by atoms with Crippen molar-refractivity contribution in [2.45, 2.75) is 44.8 Å². The highest BCUT2D eigenvalue weighted by Gasteiger charge is 2.31. The molecule has 1 amide bonds. The Morgan fingerprint density at radius 2 is 2.00 bits per heavy atom. The Kier molecular flexibility index (Phi) is 7.68. The Hall–Kier alpha value is -2.12. The molecule has 0 radical (unpaired) electrons. The highest BCUT2D eigenvalue weighted by Crippen LogP contribution is 2.20. The third kappa shape index (κ3) is 5.94. The van der Waals surface area contributed by atoms with Crippen LogP contribution in [0.5, 0.6) is 0 Å². The van der Waals surface area contributed by atoms with Gasteiger partial charge in [-0.3, -0.25) is 9.79 Å². The molecule has 1 aromatic rings. The molecule has 2 heterocycles. The van der Waals surface area contributed by atoms with E-state index in [1.807, 2.05) is 42.2 Å². The summed E-state index contributed by atoms with van der Waals surface area (Å²) < 4.78 is 0. The summed E-state index contributed by atoms with van der Waals surface area (Å²) in [4.78, 5) is 21.3. The first-order valence-corrected chi connectivity index (χ1v) is 10.5. The third-order valence-electron chi connectivity index (χ3n) is 5.34. The van der Waals surface area contributed by atoms with Gasteiger partial charge in [-0.25, -0.2) is 0 Å². The molecule has 7 nitrogen and oxygen atoms in total. The van der Waals surface area contributed by atoms with Gasteiger partial charge in [0.25, 0.3) is 0 Å². The third-order valence-corrected chi connectivity index (χ3v) is 5.34. The highest BCUT2D eigenvalue weighted by atomic mass is 16.3. The van der Waals surface area contributed by atoms with Gasteiger partial charge in [-0.15, -0.1) is 0 Å². The second kappa shape index (κ2) is 10.4. The molecule has 0 aliphatic carbocycles. The zero-order valence-corrected chi connectivity index (χ0v) is 16.8. The molecule has 0 spiro atoms. The summed E-state index contributed by atoms with van der Waals surface area (Å²) in [7, 11) is 0. The lowest BCUT2D eigenvalue weighted by Crippen LogP contribution is -2.44. The molecule has 3 N–H and O–H groups in total. The number of anilines is 1. The van der Waals surface area contributed by atoms with Gasteiger partial charge in [-0.2, -0.15) is 0 Å². The van der Waals surface area contributed by atoms with Gasteiger partial charge in [0.2, 0.25) is 5.91 Å². The van der Waals surface area contributed by atoms with Crippen LogP contribution in [0.2, 0.25) is 0 Å². The van der Waals surface area contributed by atoms with E-state index in [-0.39, 0.29) is 18.1 Å². The van der Waals surface area contributed by atoms with E-state index in [9.17, 15) is 9.90 Å². The summed E-state index contributed by atoms with van der Waals surface area (Å²) in [5.41, 5.74) is 0.949. The molecule has 1 unspecified atom stereocenters. The number of nitrogens with one attached hydrogen (secondary N) is 2. The second-order valence-electron chi connectivity index (χ2n) is 7.57. The number of rotatable bonds is 7. The monoisotopic (exact) mass is 387 g/mol. The zero-order valence-electron chi connectivity index (χ0n) is 16.8. The van der Waals surface area contributed by atoms with Gasteiger partial charge in [0, 0.05) is 44.8 Å². The largest absolute Gasteiger partial charge is 0.393 e. The summed E-state index contributed by atoms with van der Waals surface area (Å²) in [5.74, 6) is 0.927. The lowest BCUT2D eigenvalue weighted by Gasteiger charge is -2.29. The van der Waals surface area contributed by atoms with E-state index in [1.165, 1.54) is 0 Å². The van der Waals surface area contributed by atoms with Gasteiger partial charge in [-0.1, -0.05) is 18.2 Å². The summed E-state index contributed by atoms with van der Waals surface area (Å²) in [6.45, 7) is 7.21. The van der Waals surface area contributed by atoms with Crippen LogP contribution in [0, 0.1) is 0 Å². The molecule has 1 atom stereocenters. The Labute approximate surface area is 167 Å². The number of para-hydroxylation sites is 1. The van der Waals surface area contributed by atoms with E-state index < -0.39 is 0 Å². The van der Waals surface area contributed by atoms with E-state index in [2.05, 4.69) is 20.5 Å². The summed E-state index contributed by atoms with van der Waals surface area (Å²) in [6, 6.07) is 9.88. The minimum atomic E-state index is -0.122. The number of guanidine groups is 1. The van der Waals surface area contributed by atoms with Crippen LogP contribution in [0.3, 0.4) is 0 Å². The molecule has 1 aromatic carbocycles. The minimum Gasteiger partial charge on any atom is -0.393 e. The zero-order chi connectivity index (χ0) is 19.8. The van der Waals surface area contributed by atoms with Crippen molar-refractivity contribution >= 4 is 17.6 Å². The molecule has 7 heteroatoms. The van der Waals surface area contributed by atoms with Gasteiger partial charge in [-0.05, 0) is 44.9 Å². The molecule has 2 saturated heterocycles. The van der Waals surface area contributed by atoms with Crippen LogP contribution in [0.4, 0.5) is 5.69 Å². The van der Waals surface area contributed by atoms with Crippen molar-refractivity contribution in [3.05, 3.63) is 30.3 Å². The topological polar surface area (TPSA) is 80.2 Å². The van der Waals surface area contributed by atoms with Crippen molar-refractivity contribution in [3.63, 3.8) is 0 Å². The average Bonchev–Trinajstić information content (AvgIpc) is 3.07. The Balaban J connectivity index is 1.46. The summed E-state index contributed by atoms with van der Waals surface area (Å²) in [6.07, 6.45) is 3.10. The number of carbonyl (C=O) groups is 1. The molecule has 28 heavy (non-hydrogen) atoms. The first-order chi connectivity index (χ1) is 13.7. The fourth-order valence-electron chi connectivity index (χ4n) is 3.80. The first-order valence-electron chi connectivity index (χ1n) is 10.5. The molecule has 2 aliphatic heterocycles. The number of aliphatic hydroxyl groups is 1. The van der Waals surface area contributed by atoms with Gasteiger partial charge < -0.3 is 25.5 Å². The van der Waals surface area contributed by atoms with Crippen LogP contribution in [-0.2, 0) is 4.79 Å². The summed E-state index contributed by atoms with van der Waals surface area (Å²) >= 11 is 0. The van der Waals surface area contributed by atoms with Crippen molar-refractivity contribution in [2.24, 2.45) is 4.99 Å². The Bertz CT molecular complexity index is 643. The maximum atomic E-state index is 12.4. The van der Waals surface area contributed by atoms with Gasteiger partial charge in [0.15, 0.2) is 5.96 Å². The summed E-state index contributed by atoms with van der Waals surface area (Å²) in [5, 5.41) is 16.3. The highest BCUT2D eigenvalue weighted by molar-refractivity contribution is 5.97. The first kappa shape index (κ1) is 20.6. The van der Waals surface area contributed by atoms with E-state index >= 15 is 0 Å². The fourth-order valence-corrected chi connectivity index (χ4v) is 3.80.